The lowest BCUT2D eigenvalue weighted by molar-refractivity contribution is -0.138. The number of carbonyl (C=O) groups is 1. The van der Waals surface area contributed by atoms with E-state index < -0.39 is 6.10 Å². The van der Waals surface area contributed by atoms with Gasteiger partial charge in [-0.3, -0.25) is 4.79 Å². The number of rotatable bonds is 4. The van der Waals surface area contributed by atoms with Gasteiger partial charge in [-0.25, -0.2) is 0 Å². The lowest BCUT2D eigenvalue weighted by atomic mass is 10.2. The Balaban J connectivity index is 1.56. The van der Waals surface area contributed by atoms with Crippen LogP contribution >= 0.6 is 34.8 Å². The summed E-state index contributed by atoms with van der Waals surface area (Å²) in [5.41, 5.74) is 1.11. The van der Waals surface area contributed by atoms with Gasteiger partial charge in [-0.2, -0.15) is 0 Å². The van der Waals surface area contributed by atoms with Crippen molar-refractivity contribution in [2.45, 2.75) is 13.0 Å². The molecule has 7 heteroatoms. The molecule has 1 amide bonds. The highest BCUT2D eigenvalue weighted by Crippen LogP contribution is 2.28. The maximum atomic E-state index is 12.7. The molecular weight excluding hydrogens is 395 g/mol. The summed E-state index contributed by atoms with van der Waals surface area (Å²) in [6.45, 7) is 4.55. The molecule has 1 aliphatic rings. The molecule has 1 atom stereocenters. The molecule has 0 radical (unpaired) electrons. The summed E-state index contributed by atoms with van der Waals surface area (Å²) in [6.07, 6.45) is -0.615. The van der Waals surface area contributed by atoms with Crippen molar-refractivity contribution in [3.05, 3.63) is 57.5 Å². The molecule has 0 spiro atoms. The minimum atomic E-state index is -0.615. The van der Waals surface area contributed by atoms with E-state index in [4.69, 9.17) is 39.5 Å². The van der Waals surface area contributed by atoms with E-state index in [9.17, 15) is 4.79 Å². The Hall–Kier alpha value is -1.62. The first-order valence-corrected chi connectivity index (χ1v) is 9.48. The summed E-state index contributed by atoms with van der Waals surface area (Å²) in [6, 6.07) is 12.7. The zero-order valence-electron chi connectivity index (χ0n) is 14.3. The molecule has 0 aromatic heterocycles. The molecule has 1 aliphatic heterocycles. The molecule has 1 saturated heterocycles. The molecule has 1 fully saturated rings. The van der Waals surface area contributed by atoms with E-state index in [1.165, 1.54) is 0 Å². The second-order valence-electron chi connectivity index (χ2n) is 6.12. The zero-order chi connectivity index (χ0) is 18.7. The van der Waals surface area contributed by atoms with Crippen molar-refractivity contribution in [3.8, 4) is 5.75 Å². The van der Waals surface area contributed by atoms with Crippen molar-refractivity contribution in [3.63, 3.8) is 0 Å². The Morgan fingerprint density at radius 1 is 0.962 bits per heavy atom. The first-order valence-electron chi connectivity index (χ1n) is 8.35. The number of amides is 1. The molecule has 0 bridgehead atoms. The van der Waals surface area contributed by atoms with E-state index in [0.29, 0.717) is 28.9 Å². The molecule has 2 aromatic carbocycles. The SMILES string of the molecule is CC(Oc1ccc(Cl)cc1Cl)C(=O)N1CCN(c2ccc(Cl)cc2)CC1. The van der Waals surface area contributed by atoms with Crippen LogP contribution in [0.5, 0.6) is 5.75 Å². The Kier molecular flexibility index (Phi) is 6.17. The maximum absolute atomic E-state index is 12.7. The van der Waals surface area contributed by atoms with Gasteiger partial charge >= 0.3 is 0 Å². The third-order valence-corrected chi connectivity index (χ3v) is 5.11. The van der Waals surface area contributed by atoms with E-state index in [-0.39, 0.29) is 5.91 Å². The Labute approximate surface area is 168 Å². The average Bonchev–Trinajstić information content (AvgIpc) is 2.64. The molecular formula is C19H19Cl3N2O2. The average molecular weight is 414 g/mol. The van der Waals surface area contributed by atoms with Crippen molar-refractivity contribution in [1.82, 2.24) is 4.90 Å². The van der Waals surface area contributed by atoms with Crippen molar-refractivity contribution < 1.29 is 9.53 Å². The minimum absolute atomic E-state index is 0.0493. The maximum Gasteiger partial charge on any atom is 0.263 e. The Morgan fingerprint density at radius 2 is 1.58 bits per heavy atom. The fraction of sp³-hybridized carbons (Fsp3) is 0.316. The summed E-state index contributed by atoms with van der Waals surface area (Å²) in [5, 5.41) is 1.64. The van der Waals surface area contributed by atoms with Gasteiger partial charge in [-0.05, 0) is 49.4 Å². The molecule has 0 N–H and O–H groups in total. The fourth-order valence-electron chi connectivity index (χ4n) is 2.91. The highest BCUT2D eigenvalue weighted by molar-refractivity contribution is 6.35. The summed E-state index contributed by atoms with van der Waals surface area (Å²) < 4.78 is 5.73. The third-order valence-electron chi connectivity index (χ3n) is 4.33. The molecule has 138 valence electrons. The predicted molar refractivity (Wildman–Crippen MR) is 107 cm³/mol. The lowest BCUT2D eigenvalue weighted by Gasteiger charge is -2.37. The van der Waals surface area contributed by atoms with Gasteiger partial charge in [0.1, 0.15) is 5.75 Å². The second-order valence-corrected chi connectivity index (χ2v) is 7.40. The van der Waals surface area contributed by atoms with Crippen molar-refractivity contribution >= 4 is 46.4 Å². The van der Waals surface area contributed by atoms with Crippen LogP contribution in [0.25, 0.3) is 0 Å². The molecule has 3 rings (SSSR count). The van der Waals surface area contributed by atoms with E-state index in [1.807, 2.05) is 29.2 Å². The number of nitrogens with zero attached hydrogens (tertiary/aromatic N) is 2. The van der Waals surface area contributed by atoms with Crippen molar-refractivity contribution in [1.29, 1.82) is 0 Å². The van der Waals surface area contributed by atoms with Crippen LogP contribution in [-0.2, 0) is 4.79 Å². The van der Waals surface area contributed by atoms with Crippen LogP contribution < -0.4 is 9.64 Å². The largest absolute Gasteiger partial charge is 0.479 e. The number of hydrogen-bond acceptors (Lipinski definition) is 3. The van der Waals surface area contributed by atoms with E-state index in [1.54, 1.807) is 25.1 Å². The van der Waals surface area contributed by atoms with Gasteiger partial charge < -0.3 is 14.5 Å². The van der Waals surface area contributed by atoms with Crippen LogP contribution in [0.4, 0.5) is 5.69 Å². The number of ether oxygens (including phenoxy) is 1. The van der Waals surface area contributed by atoms with Crippen LogP contribution in [-0.4, -0.2) is 43.1 Å². The van der Waals surface area contributed by atoms with Crippen LogP contribution in [0.15, 0.2) is 42.5 Å². The van der Waals surface area contributed by atoms with Gasteiger partial charge in [0.2, 0.25) is 0 Å². The second kappa shape index (κ2) is 8.38. The molecule has 4 nitrogen and oxygen atoms in total. The number of halogens is 3. The van der Waals surface area contributed by atoms with E-state index >= 15 is 0 Å². The van der Waals surface area contributed by atoms with Crippen molar-refractivity contribution in [2.24, 2.45) is 0 Å². The fourth-order valence-corrected chi connectivity index (χ4v) is 3.48. The summed E-state index contributed by atoms with van der Waals surface area (Å²) in [4.78, 5) is 16.7. The summed E-state index contributed by atoms with van der Waals surface area (Å²) >= 11 is 17.9. The Bertz CT molecular complexity index is 775. The quantitative estimate of drug-likeness (QED) is 0.724. The summed E-state index contributed by atoms with van der Waals surface area (Å²) in [5.74, 6) is 0.406. The highest BCUT2D eigenvalue weighted by atomic mass is 35.5. The summed E-state index contributed by atoms with van der Waals surface area (Å²) in [7, 11) is 0. The zero-order valence-corrected chi connectivity index (χ0v) is 16.6. The number of anilines is 1. The first kappa shape index (κ1) is 19.2. The van der Waals surface area contributed by atoms with Gasteiger partial charge in [0.05, 0.1) is 5.02 Å². The molecule has 1 unspecified atom stereocenters. The van der Waals surface area contributed by atoms with Gasteiger partial charge in [0, 0.05) is 41.9 Å². The monoisotopic (exact) mass is 412 g/mol. The van der Waals surface area contributed by atoms with Crippen LogP contribution in [0.1, 0.15) is 6.92 Å². The Morgan fingerprint density at radius 3 is 2.19 bits per heavy atom. The van der Waals surface area contributed by atoms with Gasteiger partial charge in [0.15, 0.2) is 6.10 Å². The first-order chi connectivity index (χ1) is 12.4. The number of carbonyl (C=O) groups excluding carboxylic acids is 1. The highest BCUT2D eigenvalue weighted by Gasteiger charge is 2.26. The number of piperazine rings is 1. The van der Waals surface area contributed by atoms with E-state index in [2.05, 4.69) is 4.90 Å². The standard InChI is InChI=1S/C19H19Cl3N2O2/c1-13(26-18-7-4-15(21)12-17(18)22)19(25)24-10-8-23(9-11-24)16-5-2-14(20)3-6-16/h2-7,12-13H,8-11H2,1H3. The molecule has 0 saturated carbocycles. The van der Waals surface area contributed by atoms with Crippen LogP contribution in [0.2, 0.25) is 15.1 Å². The predicted octanol–water partition coefficient (Wildman–Crippen LogP) is 4.76. The lowest BCUT2D eigenvalue weighted by Crippen LogP contribution is -2.52. The minimum Gasteiger partial charge on any atom is -0.479 e. The van der Waals surface area contributed by atoms with Gasteiger partial charge in [-0.1, -0.05) is 34.8 Å². The number of hydrogen-bond donors (Lipinski definition) is 0. The van der Waals surface area contributed by atoms with Gasteiger partial charge in [0.25, 0.3) is 5.91 Å². The molecule has 1 heterocycles. The topological polar surface area (TPSA) is 32.8 Å². The molecule has 0 aliphatic carbocycles. The number of benzene rings is 2. The van der Waals surface area contributed by atoms with Crippen LogP contribution in [0, 0.1) is 0 Å². The van der Waals surface area contributed by atoms with E-state index in [0.717, 1.165) is 23.8 Å². The van der Waals surface area contributed by atoms with Gasteiger partial charge in [-0.15, -0.1) is 0 Å². The smallest absolute Gasteiger partial charge is 0.263 e. The molecule has 2 aromatic rings. The van der Waals surface area contributed by atoms with Crippen molar-refractivity contribution in [2.75, 3.05) is 31.1 Å². The molecule has 26 heavy (non-hydrogen) atoms. The third kappa shape index (κ3) is 4.56. The van der Waals surface area contributed by atoms with Crippen LogP contribution in [0.3, 0.4) is 0 Å². The normalized spacial score (nSPS) is 15.7.